The maximum atomic E-state index is 11.7. The fourth-order valence-corrected chi connectivity index (χ4v) is 1.76. The number of rotatable bonds is 5. The molecule has 0 aliphatic carbocycles. The van der Waals surface area contributed by atoms with Gasteiger partial charge < -0.3 is 5.32 Å². The van der Waals surface area contributed by atoms with E-state index < -0.39 is 0 Å². The second-order valence-corrected chi connectivity index (χ2v) is 4.53. The molecule has 0 saturated carbocycles. The summed E-state index contributed by atoms with van der Waals surface area (Å²) in [5.74, 6) is 0.290. The predicted molar refractivity (Wildman–Crippen MR) is 63.7 cm³/mol. The molecule has 15 heavy (non-hydrogen) atoms. The van der Waals surface area contributed by atoms with Crippen molar-refractivity contribution in [3.63, 3.8) is 0 Å². The SMILES string of the molecule is CNCC(C)C(=O)Cc1cncc(Br)c1. The van der Waals surface area contributed by atoms with Crippen LogP contribution in [0.3, 0.4) is 0 Å². The van der Waals surface area contributed by atoms with Crippen LogP contribution in [-0.4, -0.2) is 24.4 Å². The summed E-state index contributed by atoms with van der Waals surface area (Å²) in [7, 11) is 1.85. The number of nitrogens with zero attached hydrogens (tertiary/aromatic N) is 1. The number of halogens is 1. The molecule has 1 rings (SSSR count). The van der Waals surface area contributed by atoms with Gasteiger partial charge in [-0.3, -0.25) is 9.78 Å². The van der Waals surface area contributed by atoms with Gasteiger partial charge in [0.1, 0.15) is 5.78 Å². The predicted octanol–water partition coefficient (Wildman–Crippen LogP) is 1.81. The number of carbonyl (C=O) groups excluding carboxylic acids is 1. The Morgan fingerprint density at radius 1 is 1.60 bits per heavy atom. The van der Waals surface area contributed by atoms with Gasteiger partial charge in [0.05, 0.1) is 0 Å². The summed E-state index contributed by atoms with van der Waals surface area (Å²) in [5.41, 5.74) is 0.956. The van der Waals surface area contributed by atoms with Crippen molar-refractivity contribution in [1.29, 1.82) is 0 Å². The normalized spacial score (nSPS) is 12.5. The summed E-state index contributed by atoms with van der Waals surface area (Å²) < 4.78 is 0.911. The first-order valence-electron chi connectivity index (χ1n) is 4.90. The number of carbonyl (C=O) groups is 1. The fraction of sp³-hybridized carbons (Fsp3) is 0.455. The Kier molecular flexibility index (Phi) is 4.91. The van der Waals surface area contributed by atoms with E-state index in [1.807, 2.05) is 20.0 Å². The molecule has 1 heterocycles. The monoisotopic (exact) mass is 270 g/mol. The van der Waals surface area contributed by atoms with Crippen molar-refractivity contribution < 1.29 is 4.79 Å². The third-order valence-corrected chi connectivity index (χ3v) is 2.63. The second kappa shape index (κ2) is 5.98. The highest BCUT2D eigenvalue weighted by Crippen LogP contribution is 2.11. The van der Waals surface area contributed by atoms with Gasteiger partial charge in [0, 0.05) is 35.7 Å². The minimum Gasteiger partial charge on any atom is -0.319 e. The van der Waals surface area contributed by atoms with Crippen LogP contribution in [0.15, 0.2) is 22.9 Å². The van der Waals surface area contributed by atoms with Crippen LogP contribution < -0.4 is 5.32 Å². The highest BCUT2D eigenvalue weighted by atomic mass is 79.9. The van der Waals surface area contributed by atoms with E-state index in [0.29, 0.717) is 6.42 Å². The van der Waals surface area contributed by atoms with E-state index >= 15 is 0 Å². The Balaban J connectivity index is 2.58. The molecular formula is C11H15BrN2O. The zero-order valence-corrected chi connectivity index (χ0v) is 10.5. The number of hydrogen-bond acceptors (Lipinski definition) is 3. The molecule has 1 aromatic heterocycles. The van der Waals surface area contributed by atoms with Gasteiger partial charge >= 0.3 is 0 Å². The van der Waals surface area contributed by atoms with Gasteiger partial charge in [-0.1, -0.05) is 6.92 Å². The molecule has 1 unspecified atom stereocenters. The van der Waals surface area contributed by atoms with Gasteiger partial charge in [-0.05, 0) is 34.6 Å². The summed E-state index contributed by atoms with van der Waals surface area (Å²) >= 11 is 3.33. The summed E-state index contributed by atoms with van der Waals surface area (Å²) in [4.78, 5) is 15.8. The number of nitrogens with one attached hydrogen (secondary N) is 1. The zero-order valence-electron chi connectivity index (χ0n) is 8.96. The highest BCUT2D eigenvalue weighted by molar-refractivity contribution is 9.10. The molecule has 0 aliphatic heterocycles. The lowest BCUT2D eigenvalue weighted by atomic mass is 10.0. The molecule has 4 heteroatoms. The van der Waals surface area contributed by atoms with Gasteiger partial charge in [0.15, 0.2) is 0 Å². The Hall–Kier alpha value is -0.740. The summed E-state index contributed by atoms with van der Waals surface area (Å²) in [6.45, 7) is 2.66. The molecule has 1 aromatic rings. The Labute approximate surface area is 98.4 Å². The van der Waals surface area contributed by atoms with Crippen LogP contribution in [0.25, 0.3) is 0 Å². The number of Topliss-reactive ketones (excluding diaryl/α,β-unsaturated/α-hetero) is 1. The fourth-order valence-electron chi connectivity index (χ4n) is 1.35. The van der Waals surface area contributed by atoms with Crippen molar-refractivity contribution in [2.45, 2.75) is 13.3 Å². The van der Waals surface area contributed by atoms with Crippen LogP contribution in [0, 0.1) is 5.92 Å². The third kappa shape index (κ3) is 4.10. The molecule has 0 aromatic carbocycles. The van der Waals surface area contributed by atoms with Crippen LogP contribution >= 0.6 is 15.9 Å². The molecule has 0 spiro atoms. The molecular weight excluding hydrogens is 256 g/mol. The number of aromatic nitrogens is 1. The molecule has 1 atom stereocenters. The molecule has 0 amide bonds. The van der Waals surface area contributed by atoms with Gasteiger partial charge in [-0.25, -0.2) is 0 Å². The molecule has 82 valence electrons. The highest BCUT2D eigenvalue weighted by Gasteiger charge is 2.12. The largest absolute Gasteiger partial charge is 0.319 e. The molecule has 0 radical (unpaired) electrons. The zero-order chi connectivity index (χ0) is 11.3. The summed E-state index contributed by atoms with van der Waals surface area (Å²) in [5, 5.41) is 3.00. The molecule has 1 N–H and O–H groups in total. The minimum atomic E-state index is 0.0500. The Morgan fingerprint density at radius 2 is 2.33 bits per heavy atom. The van der Waals surface area contributed by atoms with Crippen LogP contribution in [0.2, 0.25) is 0 Å². The van der Waals surface area contributed by atoms with Gasteiger partial charge in [0.25, 0.3) is 0 Å². The van der Waals surface area contributed by atoms with Crippen molar-refractivity contribution in [1.82, 2.24) is 10.3 Å². The minimum absolute atomic E-state index is 0.0500. The maximum absolute atomic E-state index is 11.7. The van der Waals surface area contributed by atoms with Crippen LogP contribution in [0.4, 0.5) is 0 Å². The Morgan fingerprint density at radius 3 is 2.93 bits per heavy atom. The quantitative estimate of drug-likeness (QED) is 0.888. The van der Waals surface area contributed by atoms with Crippen LogP contribution in [0.1, 0.15) is 12.5 Å². The lowest BCUT2D eigenvalue weighted by Gasteiger charge is -2.09. The lowest BCUT2D eigenvalue weighted by molar-refractivity contribution is -0.121. The molecule has 0 bridgehead atoms. The smallest absolute Gasteiger partial charge is 0.141 e. The molecule has 0 fully saturated rings. The van der Waals surface area contributed by atoms with Crippen molar-refractivity contribution in [3.8, 4) is 0 Å². The summed E-state index contributed by atoms with van der Waals surface area (Å²) in [6, 6.07) is 1.93. The standard InChI is InChI=1S/C11H15BrN2O/c1-8(5-13-2)11(15)4-9-3-10(12)7-14-6-9/h3,6-8,13H,4-5H2,1-2H3. The lowest BCUT2D eigenvalue weighted by Crippen LogP contribution is -2.24. The average molecular weight is 271 g/mol. The molecule has 0 aliphatic rings. The van der Waals surface area contributed by atoms with E-state index in [9.17, 15) is 4.79 Å². The second-order valence-electron chi connectivity index (χ2n) is 3.61. The number of hydrogen-bond donors (Lipinski definition) is 1. The molecule has 0 saturated heterocycles. The first-order valence-corrected chi connectivity index (χ1v) is 5.69. The first kappa shape index (κ1) is 12.3. The van der Waals surface area contributed by atoms with E-state index in [2.05, 4.69) is 26.2 Å². The topological polar surface area (TPSA) is 42.0 Å². The van der Waals surface area contributed by atoms with E-state index in [1.165, 1.54) is 0 Å². The third-order valence-electron chi connectivity index (χ3n) is 2.20. The van der Waals surface area contributed by atoms with Crippen molar-refractivity contribution in [2.75, 3.05) is 13.6 Å². The van der Waals surface area contributed by atoms with E-state index in [4.69, 9.17) is 0 Å². The number of pyridine rings is 1. The van der Waals surface area contributed by atoms with Gasteiger partial charge in [-0.2, -0.15) is 0 Å². The van der Waals surface area contributed by atoms with Crippen molar-refractivity contribution in [3.05, 3.63) is 28.5 Å². The van der Waals surface area contributed by atoms with Crippen molar-refractivity contribution >= 4 is 21.7 Å². The van der Waals surface area contributed by atoms with E-state index in [1.54, 1.807) is 12.4 Å². The first-order chi connectivity index (χ1) is 7.13. The van der Waals surface area contributed by atoms with Crippen molar-refractivity contribution in [2.24, 2.45) is 5.92 Å². The summed E-state index contributed by atoms with van der Waals surface area (Å²) in [6.07, 6.45) is 3.90. The number of ketones is 1. The van der Waals surface area contributed by atoms with E-state index in [0.717, 1.165) is 16.6 Å². The maximum Gasteiger partial charge on any atom is 0.141 e. The van der Waals surface area contributed by atoms with Gasteiger partial charge in [0.2, 0.25) is 0 Å². The Bertz CT molecular complexity index is 341. The van der Waals surface area contributed by atoms with Crippen LogP contribution in [0.5, 0.6) is 0 Å². The van der Waals surface area contributed by atoms with E-state index in [-0.39, 0.29) is 11.7 Å². The average Bonchev–Trinajstić information content (AvgIpc) is 2.18. The molecule has 3 nitrogen and oxygen atoms in total. The van der Waals surface area contributed by atoms with Crippen LogP contribution in [-0.2, 0) is 11.2 Å². The van der Waals surface area contributed by atoms with Gasteiger partial charge in [-0.15, -0.1) is 0 Å².